The maximum atomic E-state index is 5.28. The van der Waals surface area contributed by atoms with E-state index in [1.165, 1.54) is 12.8 Å². The number of aliphatic imine (C=N–C) groups is 1. The Hall–Kier alpha value is -0.260. The SMILES string of the molecule is I.NC(N)=NC[C@@H]1CC2C=CC1C2. The number of rotatable bonds is 2. The zero-order valence-corrected chi connectivity index (χ0v) is 9.85. The number of guanidine groups is 1. The number of hydrogen-bond donors (Lipinski definition) is 2. The van der Waals surface area contributed by atoms with Gasteiger partial charge in [0, 0.05) is 6.54 Å². The Labute approximate surface area is 95.7 Å². The molecule has 2 aliphatic carbocycles. The van der Waals surface area contributed by atoms with Crippen LogP contribution in [0.4, 0.5) is 0 Å². The van der Waals surface area contributed by atoms with Crippen LogP contribution in [-0.4, -0.2) is 12.5 Å². The summed E-state index contributed by atoms with van der Waals surface area (Å²) < 4.78 is 0. The third-order valence-corrected chi connectivity index (χ3v) is 2.92. The quantitative estimate of drug-likeness (QED) is 0.346. The van der Waals surface area contributed by atoms with E-state index in [2.05, 4.69) is 17.1 Å². The van der Waals surface area contributed by atoms with Crippen LogP contribution in [0.15, 0.2) is 17.1 Å². The second kappa shape index (κ2) is 4.30. The normalized spacial score (nSPS) is 34.3. The Morgan fingerprint density at radius 2 is 2.08 bits per heavy atom. The fraction of sp³-hybridized carbons (Fsp3) is 0.667. The number of allylic oxidation sites excluding steroid dienone is 2. The molecule has 2 aliphatic rings. The lowest BCUT2D eigenvalue weighted by Crippen LogP contribution is -2.24. The van der Waals surface area contributed by atoms with E-state index in [1.54, 1.807) is 0 Å². The van der Waals surface area contributed by atoms with Crippen LogP contribution >= 0.6 is 24.0 Å². The molecule has 1 fully saturated rings. The molecule has 3 atom stereocenters. The van der Waals surface area contributed by atoms with E-state index < -0.39 is 0 Å². The smallest absolute Gasteiger partial charge is 0.185 e. The third-order valence-electron chi connectivity index (χ3n) is 2.92. The lowest BCUT2D eigenvalue weighted by atomic mass is 9.94. The first kappa shape index (κ1) is 10.8. The van der Waals surface area contributed by atoms with Gasteiger partial charge in [-0.2, -0.15) is 0 Å². The lowest BCUT2D eigenvalue weighted by molar-refractivity contribution is 0.460. The fourth-order valence-electron chi connectivity index (χ4n) is 2.33. The molecule has 4 N–H and O–H groups in total. The standard InChI is InChI=1S/C9H15N3.HI/c10-9(11)12-5-8-4-6-1-2-7(8)3-6;/h1-2,6-8H,3-5H2,(H4,10,11,12);1H/t6?,7?,8-;/m0./s1. The second-order valence-electron chi connectivity index (χ2n) is 3.81. The van der Waals surface area contributed by atoms with Crippen LogP contribution in [0.1, 0.15) is 12.8 Å². The molecule has 13 heavy (non-hydrogen) atoms. The van der Waals surface area contributed by atoms with Crippen LogP contribution in [0.5, 0.6) is 0 Å². The zero-order valence-electron chi connectivity index (χ0n) is 7.52. The summed E-state index contributed by atoms with van der Waals surface area (Å²) in [6, 6.07) is 0. The van der Waals surface area contributed by atoms with Crippen LogP contribution in [-0.2, 0) is 0 Å². The highest BCUT2D eigenvalue weighted by Gasteiger charge is 2.35. The predicted octanol–water partition coefficient (Wildman–Crippen LogP) is 1.09. The molecule has 2 rings (SSSR count). The van der Waals surface area contributed by atoms with Crippen molar-refractivity contribution in [1.82, 2.24) is 0 Å². The van der Waals surface area contributed by atoms with Crippen molar-refractivity contribution in [2.45, 2.75) is 12.8 Å². The van der Waals surface area contributed by atoms with Crippen LogP contribution in [0.3, 0.4) is 0 Å². The van der Waals surface area contributed by atoms with Crippen LogP contribution in [0, 0.1) is 17.8 Å². The van der Waals surface area contributed by atoms with E-state index in [4.69, 9.17) is 11.5 Å². The molecule has 0 heterocycles. The zero-order chi connectivity index (χ0) is 8.55. The molecule has 1 saturated carbocycles. The van der Waals surface area contributed by atoms with Gasteiger partial charge in [0.05, 0.1) is 0 Å². The molecule has 3 nitrogen and oxygen atoms in total. The van der Waals surface area contributed by atoms with Gasteiger partial charge in [-0.3, -0.25) is 4.99 Å². The Balaban J connectivity index is 0.000000845. The summed E-state index contributed by atoms with van der Waals surface area (Å²) in [6.45, 7) is 0.813. The van der Waals surface area contributed by atoms with Gasteiger partial charge in [0.15, 0.2) is 5.96 Å². The number of nitrogens with two attached hydrogens (primary N) is 2. The van der Waals surface area contributed by atoms with E-state index in [0.717, 1.165) is 18.4 Å². The van der Waals surface area contributed by atoms with Crippen molar-refractivity contribution in [3.05, 3.63) is 12.2 Å². The van der Waals surface area contributed by atoms with Crippen molar-refractivity contribution in [2.75, 3.05) is 6.54 Å². The Morgan fingerprint density at radius 3 is 2.54 bits per heavy atom. The summed E-state index contributed by atoms with van der Waals surface area (Å²) in [7, 11) is 0. The lowest BCUT2D eigenvalue weighted by Gasteiger charge is -2.14. The number of fused-ring (bicyclic) bond motifs is 2. The topological polar surface area (TPSA) is 64.4 Å². The largest absolute Gasteiger partial charge is 0.370 e. The minimum Gasteiger partial charge on any atom is -0.370 e. The molecule has 4 heteroatoms. The van der Waals surface area contributed by atoms with Gasteiger partial charge in [0.25, 0.3) is 0 Å². The van der Waals surface area contributed by atoms with Gasteiger partial charge in [0.1, 0.15) is 0 Å². The monoisotopic (exact) mass is 293 g/mol. The third kappa shape index (κ3) is 2.36. The minimum atomic E-state index is 0. The predicted molar refractivity (Wildman–Crippen MR) is 64.9 cm³/mol. The average molecular weight is 293 g/mol. The Bertz CT molecular complexity index is 233. The molecule has 2 unspecified atom stereocenters. The van der Waals surface area contributed by atoms with E-state index in [-0.39, 0.29) is 29.9 Å². The van der Waals surface area contributed by atoms with Gasteiger partial charge >= 0.3 is 0 Å². The maximum Gasteiger partial charge on any atom is 0.185 e. The molecule has 2 bridgehead atoms. The number of halogens is 1. The number of hydrogen-bond acceptors (Lipinski definition) is 1. The molecule has 0 spiro atoms. The van der Waals surface area contributed by atoms with E-state index in [9.17, 15) is 0 Å². The fourth-order valence-corrected chi connectivity index (χ4v) is 2.33. The summed E-state index contributed by atoms with van der Waals surface area (Å²) in [4.78, 5) is 4.06. The van der Waals surface area contributed by atoms with Crippen LogP contribution in [0.25, 0.3) is 0 Å². The van der Waals surface area contributed by atoms with Crippen molar-refractivity contribution in [2.24, 2.45) is 34.2 Å². The van der Waals surface area contributed by atoms with Gasteiger partial charge in [-0.05, 0) is 30.6 Å². The van der Waals surface area contributed by atoms with Crippen molar-refractivity contribution >= 4 is 29.9 Å². The number of nitrogens with zero attached hydrogens (tertiary/aromatic N) is 1. The van der Waals surface area contributed by atoms with E-state index in [1.807, 2.05) is 0 Å². The average Bonchev–Trinajstić information content (AvgIpc) is 2.60. The molecule has 0 aromatic heterocycles. The molecule has 74 valence electrons. The molecule has 0 radical (unpaired) electrons. The first-order valence-corrected chi connectivity index (χ1v) is 4.49. The van der Waals surface area contributed by atoms with Crippen molar-refractivity contribution in [3.63, 3.8) is 0 Å². The summed E-state index contributed by atoms with van der Waals surface area (Å²) in [6.07, 6.45) is 7.25. The van der Waals surface area contributed by atoms with Crippen molar-refractivity contribution < 1.29 is 0 Å². The molecule has 0 amide bonds. The molecule has 0 saturated heterocycles. The Kier molecular flexibility index (Phi) is 3.58. The molecular weight excluding hydrogens is 277 g/mol. The van der Waals surface area contributed by atoms with Crippen molar-refractivity contribution in [3.8, 4) is 0 Å². The molecule has 0 aromatic carbocycles. The summed E-state index contributed by atoms with van der Waals surface area (Å²) in [5, 5.41) is 0. The second-order valence-corrected chi connectivity index (χ2v) is 3.81. The van der Waals surface area contributed by atoms with Gasteiger partial charge in [-0.15, -0.1) is 24.0 Å². The summed E-state index contributed by atoms with van der Waals surface area (Å²) >= 11 is 0. The first-order valence-electron chi connectivity index (χ1n) is 4.49. The van der Waals surface area contributed by atoms with Crippen LogP contribution < -0.4 is 11.5 Å². The van der Waals surface area contributed by atoms with E-state index in [0.29, 0.717) is 5.92 Å². The molecule has 0 aromatic rings. The highest BCUT2D eigenvalue weighted by molar-refractivity contribution is 14.0. The molecular formula is C9H16IN3. The van der Waals surface area contributed by atoms with Gasteiger partial charge in [-0.1, -0.05) is 12.2 Å². The Morgan fingerprint density at radius 1 is 1.31 bits per heavy atom. The first-order chi connectivity index (χ1) is 5.75. The minimum absolute atomic E-state index is 0. The van der Waals surface area contributed by atoms with Gasteiger partial charge in [0.2, 0.25) is 0 Å². The summed E-state index contributed by atoms with van der Waals surface area (Å²) in [5.74, 6) is 2.48. The van der Waals surface area contributed by atoms with Crippen LogP contribution in [0.2, 0.25) is 0 Å². The van der Waals surface area contributed by atoms with E-state index >= 15 is 0 Å². The van der Waals surface area contributed by atoms with Crippen molar-refractivity contribution in [1.29, 1.82) is 0 Å². The highest BCUT2D eigenvalue weighted by atomic mass is 127. The highest BCUT2D eigenvalue weighted by Crippen LogP contribution is 2.43. The molecule has 0 aliphatic heterocycles. The van der Waals surface area contributed by atoms with Gasteiger partial charge in [-0.25, -0.2) is 0 Å². The van der Waals surface area contributed by atoms with Gasteiger partial charge < -0.3 is 11.5 Å². The summed E-state index contributed by atoms with van der Waals surface area (Å²) in [5.41, 5.74) is 10.6. The maximum absolute atomic E-state index is 5.28.